The molecule has 1 aromatic heterocycles. The van der Waals surface area contributed by atoms with Crippen LogP contribution < -0.4 is 21.1 Å². The van der Waals surface area contributed by atoms with E-state index >= 15 is 0 Å². The second-order valence-corrected chi connectivity index (χ2v) is 10.9. The van der Waals surface area contributed by atoms with E-state index < -0.39 is 17.9 Å². The largest absolute Gasteiger partial charge is 0.478 e. The number of halogens is 1. The summed E-state index contributed by atoms with van der Waals surface area (Å²) in [4.78, 5) is 29.4. The summed E-state index contributed by atoms with van der Waals surface area (Å²) >= 11 is 0. The van der Waals surface area contributed by atoms with Crippen LogP contribution in [0, 0.1) is 29.0 Å². The van der Waals surface area contributed by atoms with E-state index in [9.17, 15) is 14.0 Å². The molecular weight excluding hydrogens is 513 g/mol. The zero-order valence-corrected chi connectivity index (χ0v) is 23.1. The molecule has 2 aliphatic heterocycles. The van der Waals surface area contributed by atoms with Gasteiger partial charge in [-0.2, -0.15) is 5.26 Å². The summed E-state index contributed by atoms with van der Waals surface area (Å²) in [7, 11) is 0. The van der Waals surface area contributed by atoms with Gasteiger partial charge in [0.1, 0.15) is 5.82 Å². The molecule has 4 rings (SSSR count). The predicted molar refractivity (Wildman–Crippen MR) is 148 cm³/mol. The van der Waals surface area contributed by atoms with Crippen LogP contribution in [0.25, 0.3) is 11.1 Å². The summed E-state index contributed by atoms with van der Waals surface area (Å²) in [5.41, 5.74) is 7.83. The van der Waals surface area contributed by atoms with Crippen molar-refractivity contribution >= 4 is 11.8 Å². The molecule has 0 radical (unpaired) electrons. The Morgan fingerprint density at radius 1 is 1.20 bits per heavy atom. The topological polar surface area (TPSA) is 139 Å². The average Bonchev–Trinajstić information content (AvgIpc) is 3.43. The lowest BCUT2D eigenvalue weighted by molar-refractivity contribution is -0.155. The molecule has 0 bridgehead atoms. The third kappa shape index (κ3) is 7.62. The van der Waals surface area contributed by atoms with Crippen LogP contribution >= 0.6 is 0 Å². The van der Waals surface area contributed by atoms with Crippen LogP contribution in [-0.4, -0.2) is 60.7 Å². The molecule has 2 aromatic rings. The quantitative estimate of drug-likeness (QED) is 0.360. The summed E-state index contributed by atoms with van der Waals surface area (Å²) in [6.45, 7) is 5.61. The number of piperidine rings is 1. The number of nitrogens with zero attached hydrogens (tertiary/aromatic N) is 2. The minimum absolute atomic E-state index is 0.0818. The lowest BCUT2D eigenvalue weighted by Gasteiger charge is -2.31. The third-order valence-electron chi connectivity index (χ3n) is 7.59. The number of Topliss-reactive ketones (excluding diaryl/α,β-unsaturated/α-hetero) is 1. The molecule has 2 aliphatic rings. The van der Waals surface area contributed by atoms with Crippen molar-refractivity contribution < 1.29 is 23.5 Å². The van der Waals surface area contributed by atoms with Gasteiger partial charge in [0.05, 0.1) is 42.8 Å². The summed E-state index contributed by atoms with van der Waals surface area (Å²) in [5.74, 6) is -0.354. The van der Waals surface area contributed by atoms with Crippen LogP contribution in [0.5, 0.6) is 5.88 Å². The molecule has 10 heteroatoms. The molecule has 5 unspecified atom stereocenters. The number of carbonyl (C=O) groups is 2. The van der Waals surface area contributed by atoms with Gasteiger partial charge in [0.15, 0.2) is 5.78 Å². The first kappa shape index (κ1) is 29.6. The maximum Gasteiger partial charge on any atom is 0.310 e. The van der Waals surface area contributed by atoms with Crippen LogP contribution in [0.4, 0.5) is 4.39 Å². The van der Waals surface area contributed by atoms with E-state index in [4.69, 9.17) is 20.5 Å². The Labute approximate surface area is 234 Å². The highest BCUT2D eigenvalue weighted by atomic mass is 19.1. The molecule has 0 aliphatic carbocycles. The van der Waals surface area contributed by atoms with Crippen molar-refractivity contribution in [2.45, 2.75) is 70.2 Å². The number of pyridine rings is 1. The second-order valence-electron chi connectivity index (χ2n) is 10.9. The smallest absolute Gasteiger partial charge is 0.310 e. The van der Waals surface area contributed by atoms with E-state index in [0.717, 1.165) is 24.9 Å². The minimum atomic E-state index is -0.852. The highest BCUT2D eigenvalue weighted by molar-refractivity contribution is 5.89. The van der Waals surface area contributed by atoms with Crippen LogP contribution in [-0.2, 0) is 20.7 Å². The number of esters is 1. The molecule has 2 fully saturated rings. The molecule has 3 heterocycles. The molecule has 2 saturated heterocycles. The van der Waals surface area contributed by atoms with Crippen LogP contribution in [0.2, 0.25) is 0 Å². The Bertz CT molecular complexity index is 1220. The van der Waals surface area contributed by atoms with Crippen LogP contribution in [0.3, 0.4) is 0 Å². The summed E-state index contributed by atoms with van der Waals surface area (Å²) in [6.07, 6.45) is 4.34. The van der Waals surface area contributed by atoms with Crippen molar-refractivity contribution in [2.75, 3.05) is 19.7 Å². The first-order valence-electron chi connectivity index (χ1n) is 14.0. The maximum absolute atomic E-state index is 14.9. The zero-order chi connectivity index (χ0) is 28.6. The van der Waals surface area contributed by atoms with E-state index in [1.54, 1.807) is 24.4 Å². The molecule has 0 spiro atoms. The van der Waals surface area contributed by atoms with E-state index in [2.05, 4.69) is 21.7 Å². The first-order chi connectivity index (χ1) is 19.2. The number of nitriles is 1. The standard InChI is InChI=1S/C30H38FN5O4/c1-18(2)40-30(38)24-17-34-11-9-19(24)10-12-39-28-8-5-22(16-35-28)20-3-4-21(25(31)13-20)14-26(33)29(37)27-7-6-23(15-32)36-27/h3-5,8,13,16,18-19,23-24,26-27,34,36H,6-7,9-12,14,17,33H2,1-2H3. The van der Waals surface area contributed by atoms with Gasteiger partial charge in [0, 0.05) is 24.4 Å². The Kier molecular flexibility index (Phi) is 10.2. The highest BCUT2D eigenvalue weighted by Crippen LogP contribution is 2.26. The van der Waals surface area contributed by atoms with Crippen molar-refractivity contribution in [3.63, 3.8) is 0 Å². The Hall–Kier alpha value is -3.39. The fourth-order valence-corrected chi connectivity index (χ4v) is 5.36. The molecule has 0 amide bonds. The number of ether oxygens (including phenoxy) is 2. The molecular formula is C30H38FN5O4. The number of nitrogens with two attached hydrogens (primary N) is 1. The second kappa shape index (κ2) is 13.8. The van der Waals surface area contributed by atoms with Crippen molar-refractivity contribution in [3.05, 3.63) is 47.9 Å². The number of carbonyl (C=O) groups excluding carboxylic acids is 2. The van der Waals surface area contributed by atoms with E-state index in [-0.39, 0.29) is 42.2 Å². The van der Waals surface area contributed by atoms with Gasteiger partial charge in [-0.3, -0.25) is 14.9 Å². The number of nitrogens with one attached hydrogen (secondary N) is 2. The number of hydrogen-bond acceptors (Lipinski definition) is 9. The van der Waals surface area contributed by atoms with Crippen molar-refractivity contribution in [1.29, 1.82) is 5.26 Å². The SMILES string of the molecule is CC(C)OC(=O)C1CNCCC1CCOc1ccc(-c2ccc(CC(N)C(=O)C3CCC(C#N)N3)c(F)c2)cn1. The number of benzene rings is 1. The molecule has 40 heavy (non-hydrogen) atoms. The van der Waals surface area contributed by atoms with Gasteiger partial charge >= 0.3 is 5.97 Å². The molecule has 214 valence electrons. The molecule has 9 nitrogen and oxygen atoms in total. The van der Waals surface area contributed by atoms with Gasteiger partial charge in [-0.05, 0) is 81.7 Å². The summed E-state index contributed by atoms with van der Waals surface area (Å²) in [5, 5.41) is 15.3. The van der Waals surface area contributed by atoms with Crippen LogP contribution in [0.15, 0.2) is 36.5 Å². The Morgan fingerprint density at radius 2 is 2.00 bits per heavy atom. The normalized spacial score (nSPS) is 23.4. The third-order valence-corrected chi connectivity index (χ3v) is 7.59. The summed E-state index contributed by atoms with van der Waals surface area (Å²) < 4.78 is 26.2. The van der Waals surface area contributed by atoms with E-state index in [1.807, 2.05) is 19.9 Å². The number of aromatic nitrogens is 1. The molecule has 5 atom stereocenters. The van der Waals surface area contributed by atoms with E-state index in [0.29, 0.717) is 43.0 Å². The van der Waals surface area contributed by atoms with Crippen molar-refractivity contribution in [3.8, 4) is 23.1 Å². The average molecular weight is 552 g/mol. The Morgan fingerprint density at radius 3 is 2.67 bits per heavy atom. The highest BCUT2D eigenvalue weighted by Gasteiger charge is 2.33. The number of ketones is 1. The zero-order valence-electron chi connectivity index (χ0n) is 23.1. The van der Waals surface area contributed by atoms with Gasteiger partial charge < -0.3 is 20.5 Å². The molecule has 1 aromatic carbocycles. The fraction of sp³-hybridized carbons (Fsp3) is 0.533. The van der Waals surface area contributed by atoms with Crippen molar-refractivity contribution in [1.82, 2.24) is 15.6 Å². The minimum Gasteiger partial charge on any atom is -0.478 e. The van der Waals surface area contributed by atoms with E-state index in [1.165, 1.54) is 6.07 Å². The van der Waals surface area contributed by atoms with Gasteiger partial charge in [-0.15, -0.1) is 0 Å². The van der Waals surface area contributed by atoms with Crippen molar-refractivity contribution in [2.24, 2.45) is 17.6 Å². The predicted octanol–water partition coefficient (Wildman–Crippen LogP) is 2.92. The van der Waals surface area contributed by atoms with Gasteiger partial charge in [0.25, 0.3) is 0 Å². The lowest BCUT2D eigenvalue weighted by Crippen LogP contribution is -2.45. The lowest BCUT2D eigenvalue weighted by atomic mass is 9.84. The Balaban J connectivity index is 1.29. The van der Waals surface area contributed by atoms with Gasteiger partial charge in [0.2, 0.25) is 5.88 Å². The monoisotopic (exact) mass is 551 g/mol. The first-order valence-corrected chi connectivity index (χ1v) is 14.0. The number of hydrogen-bond donors (Lipinski definition) is 3. The fourth-order valence-electron chi connectivity index (χ4n) is 5.36. The van der Waals surface area contributed by atoms with Gasteiger partial charge in [-0.1, -0.05) is 12.1 Å². The molecule has 0 saturated carbocycles. The van der Waals surface area contributed by atoms with Gasteiger partial charge in [-0.25, -0.2) is 9.37 Å². The maximum atomic E-state index is 14.9. The number of rotatable bonds is 11. The summed E-state index contributed by atoms with van der Waals surface area (Å²) in [6, 6.07) is 8.84. The van der Waals surface area contributed by atoms with Crippen LogP contribution in [0.1, 0.15) is 45.1 Å². The molecule has 4 N–H and O–H groups in total.